The minimum atomic E-state index is -1.10. The number of nitrogens with one attached hydrogen (secondary N) is 2. The molecule has 37 heavy (non-hydrogen) atoms. The first-order valence-electron chi connectivity index (χ1n) is 11.7. The zero-order chi connectivity index (χ0) is 26.4. The highest BCUT2D eigenvalue weighted by Crippen LogP contribution is 2.31. The molecule has 0 aromatic heterocycles. The summed E-state index contributed by atoms with van der Waals surface area (Å²) in [6.45, 7) is 1.94. The van der Waals surface area contributed by atoms with Crippen molar-refractivity contribution in [2.45, 2.75) is 23.5 Å². The first-order valence-corrected chi connectivity index (χ1v) is 12.6. The number of carboxylic acid groups (broad SMARTS) is 1. The lowest BCUT2D eigenvalue weighted by molar-refractivity contribution is -0.115. The Morgan fingerprint density at radius 2 is 1.59 bits per heavy atom. The number of carbonyl (C=O) groups excluding carboxylic acids is 2. The summed E-state index contributed by atoms with van der Waals surface area (Å²) >= 11 is 1.39. The average molecular weight is 515 g/mol. The molecule has 188 valence electrons. The van der Waals surface area contributed by atoms with Crippen molar-refractivity contribution in [3.63, 3.8) is 0 Å². The number of carboxylic acids is 1. The van der Waals surface area contributed by atoms with E-state index in [0.29, 0.717) is 34.3 Å². The fourth-order valence-corrected chi connectivity index (χ4v) is 5.01. The maximum atomic E-state index is 13.2. The Morgan fingerprint density at radius 1 is 0.892 bits per heavy atom. The summed E-state index contributed by atoms with van der Waals surface area (Å²) in [4.78, 5) is 38.7. The SMILES string of the molecule is CCC(Sc1cccc(NC(=O)c2cccc3cccc(C(=O)O)c23)c1)C(=O)Nc1ccccc1OC. The van der Waals surface area contributed by atoms with Crippen LogP contribution in [0.1, 0.15) is 34.1 Å². The molecule has 1 unspecified atom stereocenters. The number of rotatable bonds is 9. The first kappa shape index (κ1) is 25.8. The number of amides is 2. The zero-order valence-electron chi connectivity index (χ0n) is 20.4. The molecule has 0 saturated carbocycles. The normalized spacial score (nSPS) is 11.5. The van der Waals surface area contributed by atoms with Crippen LogP contribution in [-0.4, -0.2) is 35.2 Å². The number of para-hydroxylation sites is 2. The Balaban J connectivity index is 1.52. The topological polar surface area (TPSA) is 105 Å². The van der Waals surface area contributed by atoms with E-state index < -0.39 is 11.9 Å². The third-order valence-electron chi connectivity index (χ3n) is 5.78. The van der Waals surface area contributed by atoms with Gasteiger partial charge in [-0.05, 0) is 54.3 Å². The smallest absolute Gasteiger partial charge is 0.336 e. The molecule has 4 aromatic carbocycles. The number of fused-ring (bicyclic) bond motifs is 1. The van der Waals surface area contributed by atoms with Gasteiger partial charge in [-0.15, -0.1) is 11.8 Å². The second-order valence-corrected chi connectivity index (χ2v) is 9.48. The molecule has 0 heterocycles. The van der Waals surface area contributed by atoms with E-state index in [4.69, 9.17) is 4.74 Å². The number of aromatic carboxylic acids is 1. The van der Waals surface area contributed by atoms with Crippen LogP contribution in [0.5, 0.6) is 5.75 Å². The van der Waals surface area contributed by atoms with E-state index in [9.17, 15) is 19.5 Å². The van der Waals surface area contributed by atoms with Crippen LogP contribution in [-0.2, 0) is 4.79 Å². The molecule has 0 spiro atoms. The Hall–Kier alpha value is -4.30. The highest BCUT2D eigenvalue weighted by Gasteiger charge is 2.20. The summed E-state index contributed by atoms with van der Waals surface area (Å²) in [5.41, 5.74) is 1.49. The monoisotopic (exact) mass is 514 g/mol. The van der Waals surface area contributed by atoms with Crippen LogP contribution < -0.4 is 15.4 Å². The predicted octanol–water partition coefficient (Wildman–Crippen LogP) is 6.31. The zero-order valence-corrected chi connectivity index (χ0v) is 21.2. The molecule has 0 radical (unpaired) electrons. The molecule has 0 fully saturated rings. The maximum absolute atomic E-state index is 13.2. The van der Waals surface area contributed by atoms with Crippen LogP contribution in [0.2, 0.25) is 0 Å². The summed E-state index contributed by atoms with van der Waals surface area (Å²) in [6.07, 6.45) is 0.593. The molecule has 4 rings (SSSR count). The van der Waals surface area contributed by atoms with Crippen molar-refractivity contribution in [1.29, 1.82) is 0 Å². The maximum Gasteiger partial charge on any atom is 0.336 e. The lowest BCUT2D eigenvalue weighted by Gasteiger charge is -2.17. The molecule has 7 nitrogen and oxygen atoms in total. The van der Waals surface area contributed by atoms with E-state index in [2.05, 4.69) is 10.6 Å². The van der Waals surface area contributed by atoms with Crippen LogP contribution >= 0.6 is 11.8 Å². The summed E-state index contributed by atoms with van der Waals surface area (Å²) in [5, 5.41) is 16.1. The third kappa shape index (κ3) is 5.92. The summed E-state index contributed by atoms with van der Waals surface area (Å²) in [7, 11) is 1.55. The van der Waals surface area contributed by atoms with Gasteiger partial charge in [-0.25, -0.2) is 4.79 Å². The molecule has 0 aliphatic carbocycles. The standard InChI is InChI=1S/C29H26N2O5S/c1-3-25(28(33)31-23-15-4-5-16-24(23)36-2)37-20-12-8-11-19(17-20)30-27(32)21-13-6-9-18-10-7-14-22(26(18)21)29(34)35/h4-17,25H,3H2,1-2H3,(H,30,32)(H,31,33)(H,34,35). The highest BCUT2D eigenvalue weighted by atomic mass is 32.2. The van der Waals surface area contributed by atoms with E-state index in [1.165, 1.54) is 17.8 Å². The predicted molar refractivity (Wildman–Crippen MR) is 147 cm³/mol. The summed E-state index contributed by atoms with van der Waals surface area (Å²) in [6, 6.07) is 24.5. The second kappa shape index (κ2) is 11.6. The molecule has 0 aliphatic heterocycles. The van der Waals surface area contributed by atoms with E-state index >= 15 is 0 Å². The minimum absolute atomic E-state index is 0.0689. The Bertz CT molecular complexity index is 1460. The van der Waals surface area contributed by atoms with Crippen LogP contribution in [0.25, 0.3) is 10.8 Å². The van der Waals surface area contributed by atoms with Gasteiger partial charge in [0.25, 0.3) is 5.91 Å². The van der Waals surface area contributed by atoms with Crippen molar-refractivity contribution in [2.24, 2.45) is 0 Å². The van der Waals surface area contributed by atoms with Crippen LogP contribution in [0.15, 0.2) is 89.8 Å². The molecule has 4 aromatic rings. The van der Waals surface area contributed by atoms with Crippen molar-refractivity contribution in [1.82, 2.24) is 0 Å². The average Bonchev–Trinajstić information content (AvgIpc) is 2.91. The van der Waals surface area contributed by atoms with Gasteiger partial charge in [0.1, 0.15) is 5.75 Å². The largest absolute Gasteiger partial charge is 0.495 e. The van der Waals surface area contributed by atoms with E-state index in [0.717, 1.165) is 4.90 Å². The van der Waals surface area contributed by atoms with Gasteiger partial charge in [-0.3, -0.25) is 9.59 Å². The van der Waals surface area contributed by atoms with E-state index in [1.807, 2.05) is 25.1 Å². The fourth-order valence-electron chi connectivity index (χ4n) is 4.00. The number of hydrogen-bond acceptors (Lipinski definition) is 5. The second-order valence-electron chi connectivity index (χ2n) is 8.20. The first-order chi connectivity index (χ1) is 17.9. The Labute approximate surface area is 218 Å². The van der Waals surface area contributed by atoms with Crippen molar-refractivity contribution < 1.29 is 24.2 Å². The molecule has 3 N–H and O–H groups in total. The molecule has 2 amide bonds. The number of benzene rings is 4. The summed E-state index contributed by atoms with van der Waals surface area (Å²) < 4.78 is 5.32. The quantitative estimate of drug-likeness (QED) is 0.226. The molecule has 1 atom stereocenters. The highest BCUT2D eigenvalue weighted by molar-refractivity contribution is 8.00. The molecule has 8 heteroatoms. The van der Waals surface area contributed by atoms with Gasteiger partial charge < -0.3 is 20.5 Å². The Morgan fingerprint density at radius 3 is 2.30 bits per heavy atom. The van der Waals surface area contributed by atoms with E-state index in [1.54, 1.807) is 67.8 Å². The molecule has 0 bridgehead atoms. The van der Waals surface area contributed by atoms with Gasteiger partial charge in [-0.1, -0.05) is 49.4 Å². The van der Waals surface area contributed by atoms with Gasteiger partial charge >= 0.3 is 5.97 Å². The number of methoxy groups -OCH3 is 1. The molecule has 0 aliphatic rings. The van der Waals surface area contributed by atoms with Gasteiger partial charge in [0.15, 0.2) is 0 Å². The fraction of sp³-hybridized carbons (Fsp3) is 0.138. The van der Waals surface area contributed by atoms with Crippen LogP contribution in [0.4, 0.5) is 11.4 Å². The van der Waals surface area contributed by atoms with Crippen molar-refractivity contribution >= 4 is 51.7 Å². The number of hydrogen-bond donors (Lipinski definition) is 3. The van der Waals surface area contributed by atoms with Gasteiger partial charge in [0, 0.05) is 21.5 Å². The van der Waals surface area contributed by atoms with E-state index in [-0.39, 0.29) is 22.3 Å². The van der Waals surface area contributed by atoms with Crippen LogP contribution in [0.3, 0.4) is 0 Å². The molecular weight excluding hydrogens is 488 g/mol. The number of thioether (sulfide) groups is 1. The molecular formula is C29H26N2O5S. The van der Waals surface area contributed by atoms with Gasteiger partial charge in [0.05, 0.1) is 23.6 Å². The van der Waals surface area contributed by atoms with Gasteiger partial charge in [0.2, 0.25) is 5.91 Å². The third-order valence-corrected chi connectivity index (χ3v) is 7.14. The van der Waals surface area contributed by atoms with Crippen molar-refractivity contribution in [3.05, 3.63) is 96.1 Å². The van der Waals surface area contributed by atoms with Crippen molar-refractivity contribution in [2.75, 3.05) is 17.7 Å². The minimum Gasteiger partial charge on any atom is -0.495 e. The molecule has 0 saturated heterocycles. The van der Waals surface area contributed by atoms with Gasteiger partial charge in [-0.2, -0.15) is 0 Å². The lowest BCUT2D eigenvalue weighted by atomic mass is 9.98. The Kier molecular flexibility index (Phi) is 8.10. The van der Waals surface area contributed by atoms with Crippen molar-refractivity contribution in [3.8, 4) is 5.75 Å². The number of anilines is 2. The summed E-state index contributed by atoms with van der Waals surface area (Å²) in [5.74, 6) is -1.08. The number of carbonyl (C=O) groups is 3. The van der Waals surface area contributed by atoms with Crippen LogP contribution in [0, 0.1) is 0 Å². The lowest BCUT2D eigenvalue weighted by Crippen LogP contribution is -2.24. The number of ether oxygens (including phenoxy) is 1.